The second kappa shape index (κ2) is 69.6. The lowest BCUT2D eigenvalue weighted by molar-refractivity contribution is -0.167. The van der Waals surface area contributed by atoms with Gasteiger partial charge in [-0.15, -0.1) is 0 Å². The standard InChI is InChI=1S/C75H136O6/c1-4-7-10-13-15-17-19-21-23-25-27-29-31-33-35-36-37-38-40-41-43-45-47-49-51-53-55-57-59-62-65-68-74(77)80-71-72(70-79-73(76)67-64-61-12-9-6-3)81-75(78)69-66-63-60-58-56-54-52-50-48-46-44-42-39-34-32-30-28-26-24-22-20-18-16-14-11-8-5-2/h19-22,25-28,31,33,72H,4-18,23-24,29-30,32,34-71H2,1-3H3/b21-19-,22-20-,27-25-,28-26-,33-31-. The molecule has 0 aromatic heterocycles. The third-order valence-electron chi connectivity index (χ3n) is 16.0. The van der Waals surface area contributed by atoms with Crippen LogP contribution in [0.2, 0.25) is 0 Å². The number of ether oxygens (including phenoxy) is 3. The van der Waals surface area contributed by atoms with Gasteiger partial charge in [-0.05, 0) is 89.9 Å². The molecule has 0 saturated heterocycles. The van der Waals surface area contributed by atoms with Crippen LogP contribution in [0.3, 0.4) is 0 Å². The first-order valence-electron chi connectivity index (χ1n) is 35.8. The maximum absolute atomic E-state index is 12.9. The summed E-state index contributed by atoms with van der Waals surface area (Å²) < 4.78 is 16.8. The Bertz CT molecular complexity index is 1440. The Morgan fingerprint density at radius 1 is 0.247 bits per heavy atom. The van der Waals surface area contributed by atoms with Crippen molar-refractivity contribution in [2.24, 2.45) is 0 Å². The highest BCUT2D eigenvalue weighted by atomic mass is 16.6. The maximum Gasteiger partial charge on any atom is 0.306 e. The molecule has 0 aliphatic heterocycles. The summed E-state index contributed by atoms with van der Waals surface area (Å²) in [6.07, 6.45) is 90.2. The van der Waals surface area contributed by atoms with Crippen molar-refractivity contribution in [2.75, 3.05) is 13.2 Å². The molecule has 0 aromatic rings. The summed E-state index contributed by atoms with van der Waals surface area (Å²) in [6, 6.07) is 0. The van der Waals surface area contributed by atoms with Gasteiger partial charge in [-0.25, -0.2) is 0 Å². The highest BCUT2D eigenvalue weighted by Crippen LogP contribution is 2.18. The number of hydrogen-bond donors (Lipinski definition) is 0. The number of hydrogen-bond acceptors (Lipinski definition) is 6. The summed E-state index contributed by atoms with van der Waals surface area (Å²) in [5.41, 5.74) is 0. The molecule has 0 amide bonds. The maximum atomic E-state index is 12.9. The molecule has 0 radical (unpaired) electrons. The van der Waals surface area contributed by atoms with Gasteiger partial charge >= 0.3 is 17.9 Å². The SMILES string of the molecule is CCCCCCC/C=C\C/C=C\C/C=C\CCCCCCCCCCCCCCCCCCC(=O)OCC(COC(=O)CCCCCCC)OC(=O)CCCCCCCCCCCCCCCCC/C=C\C/C=C\CCCCCCC. The van der Waals surface area contributed by atoms with E-state index in [-0.39, 0.29) is 31.1 Å². The summed E-state index contributed by atoms with van der Waals surface area (Å²) in [5, 5.41) is 0. The fraction of sp³-hybridized carbons (Fsp3) is 0.827. The molecule has 1 atom stereocenters. The van der Waals surface area contributed by atoms with Crippen molar-refractivity contribution in [3.05, 3.63) is 60.8 Å². The van der Waals surface area contributed by atoms with Crippen LogP contribution >= 0.6 is 0 Å². The number of rotatable bonds is 66. The number of carbonyl (C=O) groups excluding carboxylic acids is 3. The largest absolute Gasteiger partial charge is 0.462 e. The van der Waals surface area contributed by atoms with Crippen molar-refractivity contribution >= 4 is 17.9 Å². The number of esters is 3. The normalized spacial score (nSPS) is 12.4. The molecule has 81 heavy (non-hydrogen) atoms. The van der Waals surface area contributed by atoms with Crippen molar-refractivity contribution in [1.29, 1.82) is 0 Å². The summed E-state index contributed by atoms with van der Waals surface area (Å²) in [7, 11) is 0. The van der Waals surface area contributed by atoms with Crippen molar-refractivity contribution in [3.63, 3.8) is 0 Å². The number of allylic oxidation sites excluding steroid dienone is 10. The molecular weight excluding hydrogens is 997 g/mol. The molecule has 472 valence electrons. The third kappa shape index (κ3) is 67.8. The van der Waals surface area contributed by atoms with Crippen molar-refractivity contribution in [1.82, 2.24) is 0 Å². The average molecular weight is 1130 g/mol. The Balaban J connectivity index is 3.94. The summed E-state index contributed by atoms with van der Waals surface area (Å²) >= 11 is 0. The number of unbranched alkanes of at least 4 members (excludes halogenated alkanes) is 45. The second-order valence-corrected chi connectivity index (χ2v) is 24.1. The van der Waals surface area contributed by atoms with Gasteiger partial charge in [0.05, 0.1) is 0 Å². The van der Waals surface area contributed by atoms with E-state index in [0.717, 1.165) is 83.5 Å². The zero-order valence-electron chi connectivity index (χ0n) is 54.3. The summed E-state index contributed by atoms with van der Waals surface area (Å²) in [4.78, 5) is 38.0. The van der Waals surface area contributed by atoms with Crippen LogP contribution in [0.25, 0.3) is 0 Å². The number of carbonyl (C=O) groups is 3. The quantitative estimate of drug-likeness (QED) is 0.0261. The Hall–Kier alpha value is -2.89. The van der Waals surface area contributed by atoms with Gasteiger partial charge in [0.1, 0.15) is 13.2 Å². The highest BCUT2D eigenvalue weighted by Gasteiger charge is 2.19. The lowest BCUT2D eigenvalue weighted by Crippen LogP contribution is -2.30. The van der Waals surface area contributed by atoms with Crippen LogP contribution < -0.4 is 0 Å². The van der Waals surface area contributed by atoms with Gasteiger partial charge in [0.25, 0.3) is 0 Å². The predicted octanol–water partition coefficient (Wildman–Crippen LogP) is 24.7. The molecule has 0 saturated carbocycles. The van der Waals surface area contributed by atoms with Gasteiger partial charge in [0.2, 0.25) is 0 Å². The van der Waals surface area contributed by atoms with Crippen LogP contribution in [0.4, 0.5) is 0 Å². The molecule has 0 heterocycles. The van der Waals surface area contributed by atoms with Crippen LogP contribution in [-0.4, -0.2) is 37.2 Å². The second-order valence-electron chi connectivity index (χ2n) is 24.1. The van der Waals surface area contributed by atoms with E-state index in [2.05, 4.69) is 81.5 Å². The first-order valence-corrected chi connectivity index (χ1v) is 35.8. The molecule has 6 heteroatoms. The summed E-state index contributed by atoms with van der Waals surface area (Å²) in [5.74, 6) is -0.864. The molecule has 1 unspecified atom stereocenters. The van der Waals surface area contributed by atoms with E-state index in [9.17, 15) is 14.4 Å². The van der Waals surface area contributed by atoms with E-state index < -0.39 is 6.10 Å². The lowest BCUT2D eigenvalue weighted by Gasteiger charge is -2.18. The van der Waals surface area contributed by atoms with Gasteiger partial charge in [-0.2, -0.15) is 0 Å². The van der Waals surface area contributed by atoms with Crippen LogP contribution in [0.15, 0.2) is 60.8 Å². The summed E-state index contributed by atoms with van der Waals surface area (Å²) in [6.45, 7) is 6.59. The Kier molecular flexibility index (Phi) is 67.1. The van der Waals surface area contributed by atoms with Gasteiger partial charge in [-0.3, -0.25) is 14.4 Å². The molecule has 0 aliphatic rings. The van der Waals surface area contributed by atoms with Crippen molar-refractivity contribution < 1.29 is 28.6 Å². The van der Waals surface area contributed by atoms with Gasteiger partial charge in [-0.1, -0.05) is 332 Å². The van der Waals surface area contributed by atoms with Gasteiger partial charge < -0.3 is 14.2 Å². The smallest absolute Gasteiger partial charge is 0.306 e. The van der Waals surface area contributed by atoms with Gasteiger partial charge in [0, 0.05) is 19.3 Å². The fourth-order valence-corrected chi connectivity index (χ4v) is 10.6. The van der Waals surface area contributed by atoms with Crippen molar-refractivity contribution in [2.45, 2.75) is 386 Å². The zero-order chi connectivity index (χ0) is 58.5. The van der Waals surface area contributed by atoms with Crippen LogP contribution in [0, 0.1) is 0 Å². The van der Waals surface area contributed by atoms with Crippen molar-refractivity contribution in [3.8, 4) is 0 Å². The molecule has 0 rings (SSSR count). The van der Waals surface area contributed by atoms with E-state index in [1.807, 2.05) is 0 Å². The molecule has 0 spiro atoms. The first-order chi connectivity index (χ1) is 40.0. The first kappa shape index (κ1) is 78.1. The molecule has 6 nitrogen and oxygen atoms in total. The molecule has 0 fully saturated rings. The molecule has 0 aromatic carbocycles. The van der Waals surface area contributed by atoms with E-state index in [0.29, 0.717) is 19.3 Å². The third-order valence-corrected chi connectivity index (χ3v) is 16.0. The highest BCUT2D eigenvalue weighted by molar-refractivity contribution is 5.71. The monoisotopic (exact) mass is 1130 g/mol. The lowest BCUT2D eigenvalue weighted by atomic mass is 10.0. The van der Waals surface area contributed by atoms with Crippen LogP contribution in [-0.2, 0) is 28.6 Å². The zero-order valence-corrected chi connectivity index (χ0v) is 54.3. The minimum Gasteiger partial charge on any atom is -0.462 e. The van der Waals surface area contributed by atoms with E-state index in [1.165, 1.54) is 257 Å². The molecule has 0 N–H and O–H groups in total. The van der Waals surface area contributed by atoms with E-state index in [1.54, 1.807) is 0 Å². The van der Waals surface area contributed by atoms with Crippen LogP contribution in [0.1, 0.15) is 380 Å². The molecular formula is C75H136O6. The Morgan fingerprint density at radius 2 is 0.444 bits per heavy atom. The molecule has 0 bridgehead atoms. The predicted molar refractivity (Wildman–Crippen MR) is 353 cm³/mol. The van der Waals surface area contributed by atoms with Crippen LogP contribution in [0.5, 0.6) is 0 Å². The van der Waals surface area contributed by atoms with E-state index >= 15 is 0 Å². The average Bonchev–Trinajstić information content (AvgIpc) is 3.47. The topological polar surface area (TPSA) is 78.9 Å². The Morgan fingerprint density at radius 3 is 0.691 bits per heavy atom. The van der Waals surface area contributed by atoms with E-state index in [4.69, 9.17) is 14.2 Å². The fourth-order valence-electron chi connectivity index (χ4n) is 10.6. The van der Waals surface area contributed by atoms with Gasteiger partial charge in [0.15, 0.2) is 6.10 Å². The molecule has 0 aliphatic carbocycles. The Labute approximate surface area is 504 Å². The minimum absolute atomic E-state index is 0.0703. The minimum atomic E-state index is -0.770.